The van der Waals surface area contributed by atoms with E-state index < -0.39 is 0 Å². The van der Waals surface area contributed by atoms with Crippen LogP contribution in [0.4, 0.5) is 11.4 Å². The van der Waals surface area contributed by atoms with Crippen molar-refractivity contribution in [1.82, 2.24) is 10.6 Å². The van der Waals surface area contributed by atoms with Gasteiger partial charge in [0.05, 0.1) is 19.8 Å². The number of hydrogen-bond acceptors (Lipinski definition) is 4. The molecule has 0 radical (unpaired) electrons. The Morgan fingerprint density at radius 1 is 0.967 bits per heavy atom. The van der Waals surface area contributed by atoms with Gasteiger partial charge in [0.15, 0.2) is 5.96 Å². The van der Waals surface area contributed by atoms with Crippen molar-refractivity contribution in [2.24, 2.45) is 4.99 Å². The molecule has 0 amide bonds. The van der Waals surface area contributed by atoms with Crippen molar-refractivity contribution in [2.75, 3.05) is 55.7 Å². The zero-order chi connectivity index (χ0) is 20.6. The van der Waals surface area contributed by atoms with Crippen molar-refractivity contribution in [3.05, 3.63) is 60.2 Å². The second kappa shape index (κ2) is 10.3. The van der Waals surface area contributed by atoms with E-state index in [9.17, 15) is 0 Å². The molecule has 2 fully saturated rings. The average Bonchev–Trinajstić information content (AvgIpc) is 3.28. The summed E-state index contributed by atoms with van der Waals surface area (Å²) in [6.45, 7) is 9.27. The molecule has 0 bridgehead atoms. The summed E-state index contributed by atoms with van der Waals surface area (Å²) in [5, 5.41) is 7.02. The van der Waals surface area contributed by atoms with Gasteiger partial charge in [-0.3, -0.25) is 0 Å². The molecule has 160 valence electrons. The smallest absolute Gasteiger partial charge is 0.191 e. The maximum absolute atomic E-state index is 5.44. The lowest BCUT2D eigenvalue weighted by molar-refractivity contribution is 0.122. The first-order valence-corrected chi connectivity index (χ1v) is 11.1. The molecule has 0 spiro atoms. The molecule has 6 heteroatoms. The van der Waals surface area contributed by atoms with Crippen molar-refractivity contribution < 1.29 is 4.74 Å². The summed E-state index contributed by atoms with van der Waals surface area (Å²) in [5.74, 6) is 0.898. The number of nitrogens with zero attached hydrogens (tertiary/aromatic N) is 3. The maximum atomic E-state index is 5.44. The van der Waals surface area contributed by atoms with Crippen LogP contribution in [0.3, 0.4) is 0 Å². The van der Waals surface area contributed by atoms with Gasteiger partial charge in [0.2, 0.25) is 0 Å². The lowest BCUT2D eigenvalue weighted by atomic mass is 10.2. The van der Waals surface area contributed by atoms with E-state index in [1.165, 1.54) is 16.9 Å². The molecule has 0 aromatic heterocycles. The van der Waals surface area contributed by atoms with Crippen molar-refractivity contribution in [1.29, 1.82) is 0 Å². The zero-order valence-electron chi connectivity index (χ0n) is 17.9. The molecule has 1 unspecified atom stereocenters. The van der Waals surface area contributed by atoms with Gasteiger partial charge >= 0.3 is 0 Å². The summed E-state index contributed by atoms with van der Waals surface area (Å²) in [4.78, 5) is 9.64. The molecule has 30 heavy (non-hydrogen) atoms. The molecular weight excluding hydrogens is 374 g/mol. The summed E-state index contributed by atoms with van der Waals surface area (Å²) < 4.78 is 5.44. The highest BCUT2D eigenvalue weighted by Gasteiger charge is 2.23. The van der Waals surface area contributed by atoms with E-state index in [2.05, 4.69) is 82.0 Å². The van der Waals surface area contributed by atoms with Gasteiger partial charge in [0.1, 0.15) is 0 Å². The molecule has 2 aliphatic heterocycles. The molecule has 6 nitrogen and oxygen atoms in total. The molecule has 1 atom stereocenters. The predicted octanol–water partition coefficient (Wildman–Crippen LogP) is 2.86. The Morgan fingerprint density at radius 2 is 1.70 bits per heavy atom. The first-order valence-electron chi connectivity index (χ1n) is 11.1. The molecule has 2 saturated heterocycles. The van der Waals surface area contributed by atoms with Crippen LogP contribution >= 0.6 is 0 Å². The molecule has 2 heterocycles. The minimum Gasteiger partial charge on any atom is -0.378 e. The van der Waals surface area contributed by atoms with Crippen LogP contribution in [-0.4, -0.2) is 57.9 Å². The van der Waals surface area contributed by atoms with Gasteiger partial charge in [-0.05, 0) is 43.2 Å². The fourth-order valence-electron chi connectivity index (χ4n) is 4.07. The van der Waals surface area contributed by atoms with E-state index in [-0.39, 0.29) is 0 Å². The van der Waals surface area contributed by atoms with Crippen LogP contribution < -0.4 is 20.4 Å². The molecule has 0 aliphatic carbocycles. The number of aliphatic imine (C=N–C) groups is 1. The molecule has 2 aromatic rings. The Morgan fingerprint density at radius 3 is 2.43 bits per heavy atom. The van der Waals surface area contributed by atoms with Crippen molar-refractivity contribution >= 4 is 17.3 Å². The minimum absolute atomic E-state index is 0.409. The molecular formula is C24H33N5O. The molecule has 2 aliphatic rings. The number of guanidine groups is 1. The highest BCUT2D eigenvalue weighted by molar-refractivity contribution is 5.80. The van der Waals surface area contributed by atoms with Crippen molar-refractivity contribution in [2.45, 2.75) is 25.9 Å². The largest absolute Gasteiger partial charge is 0.378 e. The summed E-state index contributed by atoms with van der Waals surface area (Å²) in [5.41, 5.74) is 3.79. The molecule has 4 rings (SSSR count). The standard InChI is InChI=1S/C24H33N5O/c1-2-25-24(27-21-12-13-29(19-21)22-6-4-3-5-7-22)26-18-20-8-10-23(11-9-20)28-14-16-30-17-15-28/h3-11,21H,2,12-19H2,1H3,(H2,25,26,27). The highest BCUT2D eigenvalue weighted by atomic mass is 16.5. The number of benzene rings is 2. The van der Waals surface area contributed by atoms with E-state index in [1.807, 2.05) is 0 Å². The summed E-state index contributed by atoms with van der Waals surface area (Å²) >= 11 is 0. The Balaban J connectivity index is 1.32. The number of para-hydroxylation sites is 1. The third-order valence-electron chi connectivity index (χ3n) is 5.73. The summed E-state index contributed by atoms with van der Waals surface area (Å²) in [6, 6.07) is 19.8. The van der Waals surface area contributed by atoms with Crippen LogP contribution in [-0.2, 0) is 11.3 Å². The van der Waals surface area contributed by atoms with Crippen LogP contribution in [0.5, 0.6) is 0 Å². The number of nitrogens with one attached hydrogen (secondary N) is 2. The summed E-state index contributed by atoms with van der Waals surface area (Å²) in [6.07, 6.45) is 1.12. The van der Waals surface area contributed by atoms with Gasteiger partial charge in [-0.15, -0.1) is 0 Å². The quantitative estimate of drug-likeness (QED) is 0.570. The summed E-state index contributed by atoms with van der Waals surface area (Å²) in [7, 11) is 0. The van der Waals surface area contributed by atoms with Gasteiger partial charge in [0, 0.05) is 50.1 Å². The minimum atomic E-state index is 0.409. The second-order valence-corrected chi connectivity index (χ2v) is 7.87. The Labute approximate surface area is 179 Å². The Hall–Kier alpha value is -2.73. The van der Waals surface area contributed by atoms with Gasteiger partial charge in [0.25, 0.3) is 0 Å². The lowest BCUT2D eigenvalue weighted by Gasteiger charge is -2.28. The fraction of sp³-hybridized carbons (Fsp3) is 0.458. The first-order chi connectivity index (χ1) is 14.8. The van der Waals surface area contributed by atoms with Crippen molar-refractivity contribution in [3.8, 4) is 0 Å². The zero-order valence-corrected chi connectivity index (χ0v) is 17.9. The number of ether oxygens (including phenoxy) is 1. The van der Waals surface area contributed by atoms with E-state index in [1.54, 1.807) is 0 Å². The predicted molar refractivity (Wildman–Crippen MR) is 124 cm³/mol. The number of rotatable bonds is 6. The normalized spacial score (nSPS) is 19.8. The SMILES string of the molecule is CCNC(=NCc1ccc(N2CCOCC2)cc1)NC1CCN(c2ccccc2)C1. The first kappa shape index (κ1) is 20.5. The molecule has 2 aromatic carbocycles. The van der Waals surface area contributed by atoms with Crippen LogP contribution in [0.2, 0.25) is 0 Å². The number of anilines is 2. The third kappa shape index (κ3) is 5.45. The van der Waals surface area contributed by atoms with Crippen LogP contribution in [0.25, 0.3) is 0 Å². The number of morpholine rings is 1. The molecule has 2 N–H and O–H groups in total. The average molecular weight is 408 g/mol. The highest BCUT2D eigenvalue weighted by Crippen LogP contribution is 2.20. The third-order valence-corrected chi connectivity index (χ3v) is 5.73. The lowest BCUT2D eigenvalue weighted by Crippen LogP contribution is -2.44. The van der Waals surface area contributed by atoms with Crippen LogP contribution in [0.1, 0.15) is 18.9 Å². The van der Waals surface area contributed by atoms with E-state index >= 15 is 0 Å². The second-order valence-electron chi connectivity index (χ2n) is 7.87. The van der Waals surface area contributed by atoms with Crippen molar-refractivity contribution in [3.63, 3.8) is 0 Å². The van der Waals surface area contributed by atoms with E-state index in [0.717, 1.165) is 58.3 Å². The van der Waals surface area contributed by atoms with E-state index in [0.29, 0.717) is 12.6 Å². The van der Waals surface area contributed by atoms with Gasteiger partial charge < -0.3 is 25.2 Å². The van der Waals surface area contributed by atoms with Gasteiger partial charge in [-0.25, -0.2) is 4.99 Å². The van der Waals surface area contributed by atoms with E-state index in [4.69, 9.17) is 9.73 Å². The maximum Gasteiger partial charge on any atom is 0.191 e. The van der Waals surface area contributed by atoms with Gasteiger partial charge in [-0.1, -0.05) is 30.3 Å². The topological polar surface area (TPSA) is 52.1 Å². The Bertz CT molecular complexity index is 802. The molecule has 0 saturated carbocycles. The Kier molecular flexibility index (Phi) is 7.08. The monoisotopic (exact) mass is 407 g/mol. The fourth-order valence-corrected chi connectivity index (χ4v) is 4.07. The number of hydrogen-bond donors (Lipinski definition) is 2. The van der Waals surface area contributed by atoms with Crippen LogP contribution in [0.15, 0.2) is 59.6 Å². The van der Waals surface area contributed by atoms with Crippen LogP contribution in [0, 0.1) is 0 Å². The van der Waals surface area contributed by atoms with Gasteiger partial charge in [-0.2, -0.15) is 0 Å².